The smallest absolute Gasteiger partial charge is 0.323 e. The molecule has 0 saturated heterocycles. The van der Waals surface area contributed by atoms with Crippen molar-refractivity contribution in [1.29, 1.82) is 0 Å². The van der Waals surface area contributed by atoms with Crippen molar-refractivity contribution in [2.45, 2.75) is 26.1 Å². The van der Waals surface area contributed by atoms with Gasteiger partial charge in [-0.25, -0.2) is 4.79 Å². The van der Waals surface area contributed by atoms with E-state index in [1.807, 2.05) is 42.1 Å². The Morgan fingerprint density at radius 3 is 2.69 bits per heavy atom. The summed E-state index contributed by atoms with van der Waals surface area (Å²) < 4.78 is 1.87. The summed E-state index contributed by atoms with van der Waals surface area (Å²) in [4.78, 5) is 29.3. The van der Waals surface area contributed by atoms with E-state index in [1.54, 1.807) is 24.4 Å². The molecule has 0 aliphatic rings. The summed E-state index contributed by atoms with van der Waals surface area (Å²) in [6.07, 6.45) is 3.68. The maximum Gasteiger partial charge on any atom is 0.323 e. The Balaban J connectivity index is 1.38. The zero-order valence-electron chi connectivity index (χ0n) is 16.0. The second-order valence-electron chi connectivity index (χ2n) is 6.90. The van der Waals surface area contributed by atoms with Crippen molar-refractivity contribution >= 4 is 22.6 Å². The number of nitrogens with one attached hydrogen (secondary N) is 4. The summed E-state index contributed by atoms with van der Waals surface area (Å²) in [7, 11) is 0. The number of hydrogen-bond donors (Lipinski definition) is 4. The van der Waals surface area contributed by atoms with Crippen LogP contribution in [0.2, 0.25) is 0 Å². The number of H-pyrrole nitrogens is 2. The number of carbonyl (C=O) groups excluding carboxylic acids is 1. The fourth-order valence-electron chi connectivity index (χ4n) is 3.17. The second-order valence-corrected chi connectivity index (χ2v) is 6.90. The molecule has 2 aromatic carbocycles. The fourth-order valence-corrected chi connectivity index (χ4v) is 3.17. The molecule has 2 heterocycles. The highest BCUT2D eigenvalue weighted by molar-refractivity contribution is 5.96. The molecule has 2 aromatic heterocycles. The first-order valence-corrected chi connectivity index (χ1v) is 9.39. The number of amides is 1. The number of aromatic nitrogens is 4. The Labute approximate surface area is 167 Å². The summed E-state index contributed by atoms with van der Waals surface area (Å²) >= 11 is 0. The molecule has 0 aliphatic heterocycles. The third kappa shape index (κ3) is 4.44. The standard InChI is InChI=1S/C21H22N6O2/c1-14(20(28)24-17-7-8-18-19(11-17)26-21(29)25-18)22-12-15-5-2-3-6-16(15)13-27-10-4-9-23-27/h2-11,14,22H,12-13H2,1H3,(H,24,28)(H2,25,26,29)/t14-/m1/s1. The highest BCUT2D eigenvalue weighted by Crippen LogP contribution is 2.15. The number of benzene rings is 2. The molecule has 8 heteroatoms. The van der Waals surface area contributed by atoms with Gasteiger partial charge in [-0.3, -0.25) is 9.48 Å². The van der Waals surface area contributed by atoms with E-state index in [2.05, 4.69) is 31.8 Å². The van der Waals surface area contributed by atoms with Crippen LogP contribution in [0.1, 0.15) is 18.1 Å². The van der Waals surface area contributed by atoms with Crippen LogP contribution in [0.5, 0.6) is 0 Å². The fraction of sp³-hybridized carbons (Fsp3) is 0.190. The van der Waals surface area contributed by atoms with E-state index in [4.69, 9.17) is 0 Å². The number of fused-ring (bicyclic) bond motifs is 1. The molecule has 0 spiro atoms. The van der Waals surface area contributed by atoms with Gasteiger partial charge >= 0.3 is 5.69 Å². The Hall–Kier alpha value is -3.65. The van der Waals surface area contributed by atoms with Crippen molar-refractivity contribution in [1.82, 2.24) is 25.1 Å². The quantitative estimate of drug-likeness (QED) is 0.388. The Morgan fingerprint density at radius 2 is 1.90 bits per heavy atom. The maximum absolute atomic E-state index is 12.5. The number of aromatic amines is 2. The average molecular weight is 390 g/mol. The van der Waals surface area contributed by atoms with E-state index < -0.39 is 6.04 Å². The van der Waals surface area contributed by atoms with Crippen LogP contribution < -0.4 is 16.3 Å². The zero-order chi connectivity index (χ0) is 20.2. The second kappa shape index (κ2) is 8.15. The predicted molar refractivity (Wildman–Crippen MR) is 112 cm³/mol. The lowest BCUT2D eigenvalue weighted by Gasteiger charge is -2.16. The molecule has 29 heavy (non-hydrogen) atoms. The van der Waals surface area contributed by atoms with Crippen molar-refractivity contribution < 1.29 is 4.79 Å². The van der Waals surface area contributed by atoms with Crippen LogP contribution in [0.15, 0.2) is 65.7 Å². The van der Waals surface area contributed by atoms with Gasteiger partial charge in [-0.15, -0.1) is 0 Å². The van der Waals surface area contributed by atoms with Crippen LogP contribution in [0.4, 0.5) is 5.69 Å². The van der Waals surface area contributed by atoms with Gasteiger partial charge in [0, 0.05) is 24.6 Å². The molecule has 0 bridgehead atoms. The van der Waals surface area contributed by atoms with Crippen LogP contribution in [0.25, 0.3) is 11.0 Å². The summed E-state index contributed by atoms with van der Waals surface area (Å²) in [5.41, 5.74) is 3.99. The highest BCUT2D eigenvalue weighted by atomic mass is 16.2. The minimum atomic E-state index is -0.395. The lowest BCUT2D eigenvalue weighted by atomic mass is 10.1. The molecule has 0 unspecified atom stereocenters. The first-order valence-electron chi connectivity index (χ1n) is 9.39. The van der Waals surface area contributed by atoms with E-state index in [0.29, 0.717) is 29.8 Å². The first kappa shape index (κ1) is 18.7. The largest absolute Gasteiger partial charge is 0.325 e. The van der Waals surface area contributed by atoms with Gasteiger partial charge in [0.15, 0.2) is 0 Å². The van der Waals surface area contributed by atoms with Crippen molar-refractivity contribution in [3.63, 3.8) is 0 Å². The third-order valence-corrected chi connectivity index (χ3v) is 4.79. The van der Waals surface area contributed by atoms with E-state index in [-0.39, 0.29) is 11.6 Å². The van der Waals surface area contributed by atoms with Gasteiger partial charge in [0.05, 0.1) is 23.6 Å². The Kier molecular flexibility index (Phi) is 5.26. The zero-order valence-corrected chi connectivity index (χ0v) is 16.0. The van der Waals surface area contributed by atoms with Crippen LogP contribution in [-0.4, -0.2) is 31.7 Å². The van der Waals surface area contributed by atoms with Gasteiger partial charge in [0.2, 0.25) is 5.91 Å². The van der Waals surface area contributed by atoms with Gasteiger partial charge in [0.1, 0.15) is 0 Å². The molecule has 0 radical (unpaired) electrons. The van der Waals surface area contributed by atoms with Gasteiger partial charge in [-0.1, -0.05) is 24.3 Å². The molecular weight excluding hydrogens is 368 g/mol. The molecular formula is C21H22N6O2. The minimum Gasteiger partial charge on any atom is -0.325 e. The maximum atomic E-state index is 12.5. The molecule has 1 atom stereocenters. The number of imidazole rings is 1. The normalized spacial score (nSPS) is 12.2. The van der Waals surface area contributed by atoms with Crippen molar-refractivity contribution in [3.05, 3.63) is 82.5 Å². The summed E-state index contributed by atoms with van der Waals surface area (Å²) in [6.45, 7) is 3.07. The molecule has 0 aliphatic carbocycles. The van der Waals surface area contributed by atoms with Gasteiger partial charge in [-0.05, 0) is 42.3 Å². The van der Waals surface area contributed by atoms with Crippen molar-refractivity contribution in [3.8, 4) is 0 Å². The van der Waals surface area contributed by atoms with Gasteiger partial charge < -0.3 is 20.6 Å². The van der Waals surface area contributed by atoms with Crippen LogP contribution >= 0.6 is 0 Å². The van der Waals surface area contributed by atoms with E-state index in [9.17, 15) is 9.59 Å². The summed E-state index contributed by atoms with van der Waals surface area (Å²) in [5, 5.41) is 10.4. The van der Waals surface area contributed by atoms with Gasteiger partial charge in [0.25, 0.3) is 0 Å². The molecule has 148 valence electrons. The number of carbonyl (C=O) groups is 1. The Morgan fingerprint density at radius 1 is 1.10 bits per heavy atom. The molecule has 4 aromatic rings. The summed E-state index contributed by atoms with van der Waals surface area (Å²) in [5.74, 6) is -0.146. The van der Waals surface area contributed by atoms with E-state index in [0.717, 1.165) is 11.1 Å². The SMILES string of the molecule is C[C@@H](NCc1ccccc1Cn1cccn1)C(=O)Nc1ccc2[nH]c(=O)[nH]c2c1. The van der Waals surface area contributed by atoms with E-state index in [1.165, 1.54) is 0 Å². The van der Waals surface area contributed by atoms with E-state index >= 15 is 0 Å². The van der Waals surface area contributed by atoms with Gasteiger partial charge in [-0.2, -0.15) is 5.10 Å². The molecule has 4 rings (SSSR count). The Bertz CT molecular complexity index is 1180. The molecule has 8 nitrogen and oxygen atoms in total. The lowest BCUT2D eigenvalue weighted by molar-refractivity contribution is -0.117. The van der Waals surface area contributed by atoms with Crippen LogP contribution in [-0.2, 0) is 17.9 Å². The highest BCUT2D eigenvalue weighted by Gasteiger charge is 2.14. The first-order chi connectivity index (χ1) is 14.1. The van der Waals surface area contributed by atoms with Crippen LogP contribution in [0.3, 0.4) is 0 Å². The number of anilines is 1. The average Bonchev–Trinajstić information content (AvgIpc) is 3.35. The minimum absolute atomic E-state index is 0.146. The van der Waals surface area contributed by atoms with Crippen molar-refractivity contribution in [2.75, 3.05) is 5.32 Å². The van der Waals surface area contributed by atoms with Crippen molar-refractivity contribution in [2.24, 2.45) is 0 Å². The monoisotopic (exact) mass is 390 g/mol. The number of hydrogen-bond acceptors (Lipinski definition) is 4. The molecule has 0 fully saturated rings. The third-order valence-electron chi connectivity index (χ3n) is 4.79. The number of nitrogens with zero attached hydrogens (tertiary/aromatic N) is 2. The number of rotatable bonds is 7. The van der Waals surface area contributed by atoms with Crippen LogP contribution in [0, 0.1) is 0 Å². The molecule has 1 amide bonds. The predicted octanol–water partition coefficient (Wildman–Crippen LogP) is 2.22. The summed E-state index contributed by atoms with van der Waals surface area (Å²) in [6, 6.07) is 14.9. The lowest BCUT2D eigenvalue weighted by Crippen LogP contribution is -2.37. The topological polar surface area (TPSA) is 108 Å². The molecule has 4 N–H and O–H groups in total. The molecule has 0 saturated carbocycles.